The van der Waals surface area contributed by atoms with Gasteiger partial charge in [-0.15, -0.1) is 0 Å². The number of aliphatic imine (C=N–C) groups is 1. The molecule has 0 saturated heterocycles. The lowest BCUT2D eigenvalue weighted by Gasteiger charge is -2.11. The van der Waals surface area contributed by atoms with Crippen molar-refractivity contribution in [3.05, 3.63) is 84.0 Å². The van der Waals surface area contributed by atoms with Crippen molar-refractivity contribution in [2.45, 2.75) is 20.0 Å². The van der Waals surface area contributed by atoms with Gasteiger partial charge in [0.15, 0.2) is 5.96 Å². The van der Waals surface area contributed by atoms with Gasteiger partial charge in [0, 0.05) is 24.2 Å². The molecule has 2 heterocycles. The highest BCUT2D eigenvalue weighted by Gasteiger charge is 2.08. The topological polar surface area (TPSA) is 75.3 Å². The summed E-state index contributed by atoms with van der Waals surface area (Å²) >= 11 is 0. The Kier molecular flexibility index (Phi) is 5.52. The van der Waals surface area contributed by atoms with Crippen LogP contribution in [0, 0.1) is 6.92 Å². The number of aromatic nitrogens is 2. The van der Waals surface area contributed by atoms with Crippen LogP contribution in [0.15, 0.2) is 76.5 Å². The molecule has 0 radical (unpaired) electrons. The molecule has 29 heavy (non-hydrogen) atoms. The monoisotopic (exact) mass is 385 g/mol. The third kappa shape index (κ3) is 4.43. The molecule has 0 aliphatic heterocycles. The molecule has 0 spiro atoms. The van der Waals surface area contributed by atoms with Gasteiger partial charge in [-0.1, -0.05) is 42.0 Å². The molecule has 0 fully saturated rings. The summed E-state index contributed by atoms with van der Waals surface area (Å²) in [6, 6.07) is 18.4. The molecular weight excluding hydrogens is 362 g/mol. The van der Waals surface area contributed by atoms with Gasteiger partial charge in [0.05, 0.1) is 24.5 Å². The number of benzene rings is 2. The van der Waals surface area contributed by atoms with Crippen LogP contribution in [-0.4, -0.2) is 23.0 Å². The van der Waals surface area contributed by atoms with E-state index < -0.39 is 0 Å². The zero-order chi connectivity index (χ0) is 20.1. The second-order valence-corrected chi connectivity index (χ2v) is 6.77. The maximum absolute atomic E-state index is 5.61. The highest BCUT2D eigenvalue weighted by atomic mass is 16.3. The Morgan fingerprint density at radius 3 is 2.62 bits per heavy atom. The van der Waals surface area contributed by atoms with Crippen LogP contribution in [0.4, 0.5) is 0 Å². The molecule has 0 atom stereocenters. The van der Waals surface area contributed by atoms with E-state index in [1.165, 1.54) is 10.9 Å². The summed E-state index contributed by atoms with van der Waals surface area (Å²) in [5, 5.41) is 8.89. The number of nitrogens with zero attached hydrogens (tertiary/aromatic N) is 3. The van der Waals surface area contributed by atoms with Crippen LogP contribution >= 0.6 is 0 Å². The van der Waals surface area contributed by atoms with Gasteiger partial charge in [-0.3, -0.25) is 9.98 Å². The molecule has 6 heteroatoms. The van der Waals surface area contributed by atoms with E-state index in [4.69, 9.17) is 4.42 Å². The second-order valence-electron chi connectivity index (χ2n) is 6.77. The number of rotatable bonds is 5. The van der Waals surface area contributed by atoms with E-state index in [0.29, 0.717) is 24.9 Å². The predicted molar refractivity (Wildman–Crippen MR) is 115 cm³/mol. The van der Waals surface area contributed by atoms with Crippen molar-refractivity contribution in [3.63, 3.8) is 0 Å². The highest BCUT2D eigenvalue weighted by Crippen LogP contribution is 2.19. The summed E-state index contributed by atoms with van der Waals surface area (Å²) in [7, 11) is 1.74. The van der Waals surface area contributed by atoms with Gasteiger partial charge in [0.25, 0.3) is 0 Å². The number of hydrogen-bond donors (Lipinski definition) is 2. The highest BCUT2D eigenvalue weighted by molar-refractivity contribution is 5.85. The van der Waals surface area contributed by atoms with Crippen LogP contribution in [0.3, 0.4) is 0 Å². The molecule has 0 amide bonds. The minimum absolute atomic E-state index is 0.512. The first kappa shape index (κ1) is 18.7. The molecule has 0 aliphatic rings. The van der Waals surface area contributed by atoms with Crippen LogP contribution in [0.25, 0.3) is 22.2 Å². The third-order valence-corrected chi connectivity index (χ3v) is 4.69. The van der Waals surface area contributed by atoms with Crippen LogP contribution in [0.5, 0.6) is 0 Å². The number of pyridine rings is 1. The lowest BCUT2D eigenvalue weighted by molar-refractivity contribution is 0.572. The largest absolute Gasteiger partial charge is 0.444 e. The van der Waals surface area contributed by atoms with Crippen molar-refractivity contribution in [2.24, 2.45) is 4.99 Å². The van der Waals surface area contributed by atoms with Crippen molar-refractivity contribution in [3.8, 4) is 11.5 Å². The van der Waals surface area contributed by atoms with E-state index in [-0.39, 0.29) is 0 Å². The van der Waals surface area contributed by atoms with Gasteiger partial charge < -0.3 is 15.1 Å². The van der Waals surface area contributed by atoms with E-state index in [0.717, 1.165) is 22.3 Å². The average Bonchev–Trinajstić information content (AvgIpc) is 3.23. The third-order valence-electron chi connectivity index (χ3n) is 4.69. The Bertz CT molecular complexity index is 1130. The fourth-order valence-electron chi connectivity index (χ4n) is 3.10. The van der Waals surface area contributed by atoms with E-state index >= 15 is 0 Å². The molecule has 0 unspecified atom stereocenters. The first-order valence-electron chi connectivity index (χ1n) is 9.51. The van der Waals surface area contributed by atoms with Gasteiger partial charge >= 0.3 is 0 Å². The summed E-state index contributed by atoms with van der Waals surface area (Å²) in [4.78, 5) is 13.3. The smallest absolute Gasteiger partial charge is 0.226 e. The average molecular weight is 385 g/mol. The summed E-state index contributed by atoms with van der Waals surface area (Å²) in [5.74, 6) is 1.30. The molecule has 6 nitrogen and oxygen atoms in total. The van der Waals surface area contributed by atoms with E-state index in [1.807, 2.05) is 48.7 Å². The lowest BCUT2D eigenvalue weighted by Crippen LogP contribution is -2.36. The standard InChI is InChI=1S/C23H23N5O/c1-16-7-9-18(10-8-16)22-28-19(15-29-22)13-26-23(24-2)27-14-21-20-6-4-3-5-17(20)11-12-25-21/h3-12,15H,13-14H2,1-2H3,(H2,24,26,27). The molecule has 146 valence electrons. The van der Waals surface area contributed by atoms with Gasteiger partial charge in [-0.25, -0.2) is 4.98 Å². The van der Waals surface area contributed by atoms with Crippen LogP contribution in [-0.2, 0) is 13.1 Å². The SMILES string of the molecule is CN=C(NCc1coc(-c2ccc(C)cc2)n1)NCc1nccc2ccccc12. The Labute approximate surface area is 169 Å². The summed E-state index contributed by atoms with van der Waals surface area (Å²) in [6.07, 6.45) is 3.50. The van der Waals surface area contributed by atoms with E-state index in [2.05, 4.69) is 44.7 Å². The molecule has 2 N–H and O–H groups in total. The number of hydrogen-bond acceptors (Lipinski definition) is 4. The van der Waals surface area contributed by atoms with Gasteiger partial charge in [-0.2, -0.15) is 0 Å². The second kappa shape index (κ2) is 8.56. The summed E-state index contributed by atoms with van der Waals surface area (Å²) < 4.78 is 5.61. The first-order chi connectivity index (χ1) is 14.2. The predicted octanol–water partition coefficient (Wildman–Crippen LogP) is 4.06. The molecule has 4 rings (SSSR count). The van der Waals surface area contributed by atoms with Crippen molar-refractivity contribution in [1.82, 2.24) is 20.6 Å². The minimum Gasteiger partial charge on any atom is -0.444 e. The van der Waals surface area contributed by atoms with Gasteiger partial charge in [-0.05, 0) is 30.5 Å². The number of aryl methyl sites for hydroxylation is 1. The van der Waals surface area contributed by atoms with Crippen molar-refractivity contribution in [2.75, 3.05) is 7.05 Å². The van der Waals surface area contributed by atoms with Crippen molar-refractivity contribution < 1.29 is 4.42 Å². The van der Waals surface area contributed by atoms with Crippen LogP contribution < -0.4 is 10.6 Å². The summed E-state index contributed by atoms with van der Waals surface area (Å²) in [6.45, 7) is 3.15. The van der Waals surface area contributed by atoms with Crippen molar-refractivity contribution >= 4 is 16.7 Å². The number of guanidine groups is 1. The van der Waals surface area contributed by atoms with E-state index in [1.54, 1.807) is 13.3 Å². The first-order valence-corrected chi connectivity index (χ1v) is 9.51. The lowest BCUT2D eigenvalue weighted by atomic mass is 10.1. The maximum Gasteiger partial charge on any atom is 0.226 e. The van der Waals surface area contributed by atoms with Gasteiger partial charge in [0.2, 0.25) is 5.89 Å². The zero-order valence-corrected chi connectivity index (χ0v) is 16.5. The van der Waals surface area contributed by atoms with Crippen LogP contribution in [0.1, 0.15) is 17.0 Å². The minimum atomic E-state index is 0.512. The Morgan fingerprint density at radius 2 is 1.79 bits per heavy atom. The number of oxazole rings is 1. The molecule has 4 aromatic rings. The zero-order valence-electron chi connectivity index (χ0n) is 16.5. The molecule has 0 saturated carbocycles. The number of nitrogens with one attached hydrogen (secondary N) is 2. The van der Waals surface area contributed by atoms with E-state index in [9.17, 15) is 0 Å². The molecule has 0 aliphatic carbocycles. The molecule has 2 aromatic heterocycles. The van der Waals surface area contributed by atoms with Crippen LogP contribution in [0.2, 0.25) is 0 Å². The summed E-state index contributed by atoms with van der Waals surface area (Å²) in [5.41, 5.74) is 3.96. The normalized spacial score (nSPS) is 11.6. The maximum atomic E-state index is 5.61. The number of fused-ring (bicyclic) bond motifs is 1. The quantitative estimate of drug-likeness (QED) is 0.400. The fourth-order valence-corrected chi connectivity index (χ4v) is 3.10. The molecule has 0 bridgehead atoms. The molecular formula is C23H23N5O. The Balaban J connectivity index is 1.37. The van der Waals surface area contributed by atoms with Crippen molar-refractivity contribution in [1.29, 1.82) is 0 Å². The van der Waals surface area contributed by atoms with Gasteiger partial charge in [0.1, 0.15) is 6.26 Å². The molecule has 2 aromatic carbocycles. The Morgan fingerprint density at radius 1 is 1.00 bits per heavy atom. The fraction of sp³-hybridized carbons (Fsp3) is 0.174. The Hall–Kier alpha value is -3.67.